The molecule has 0 aromatic heterocycles. The second kappa shape index (κ2) is 7.72. The van der Waals surface area contributed by atoms with Gasteiger partial charge in [-0.05, 0) is 43.7 Å². The minimum atomic E-state index is 0.826. The Morgan fingerprint density at radius 3 is 2.70 bits per heavy atom. The van der Waals surface area contributed by atoms with E-state index in [9.17, 15) is 0 Å². The molecular formula is C17H20ClNS. The fraction of sp³-hybridized carbons (Fsp3) is 0.294. The molecule has 1 N–H and O–H groups in total. The molecule has 0 aliphatic heterocycles. The van der Waals surface area contributed by atoms with Gasteiger partial charge in [-0.1, -0.05) is 60.1 Å². The molecule has 0 radical (unpaired) electrons. The van der Waals surface area contributed by atoms with Crippen LogP contribution in [0.15, 0.2) is 52.3 Å². The molecule has 0 unspecified atom stereocenters. The predicted molar refractivity (Wildman–Crippen MR) is 88.8 cm³/mol. The zero-order valence-electron chi connectivity index (χ0n) is 11.9. The van der Waals surface area contributed by atoms with Gasteiger partial charge < -0.3 is 5.32 Å². The minimum absolute atomic E-state index is 0.826. The van der Waals surface area contributed by atoms with Crippen LogP contribution in [0.2, 0.25) is 5.02 Å². The fourth-order valence-electron chi connectivity index (χ4n) is 2.00. The third-order valence-corrected chi connectivity index (χ3v) is 4.60. The van der Waals surface area contributed by atoms with Crippen LogP contribution in [0.5, 0.6) is 0 Å². The maximum Gasteiger partial charge on any atom is 0.0548 e. The first-order chi connectivity index (χ1) is 9.70. The maximum atomic E-state index is 6.38. The lowest BCUT2D eigenvalue weighted by Crippen LogP contribution is -2.14. The lowest BCUT2D eigenvalue weighted by molar-refractivity contribution is 0.669. The highest BCUT2D eigenvalue weighted by atomic mass is 35.5. The first-order valence-electron chi connectivity index (χ1n) is 6.93. The molecule has 2 rings (SSSR count). The molecule has 0 amide bonds. The summed E-state index contributed by atoms with van der Waals surface area (Å²) in [4.78, 5) is 2.39. The molecule has 0 aliphatic carbocycles. The molecular weight excluding hydrogens is 286 g/mol. The molecule has 0 heterocycles. The zero-order chi connectivity index (χ0) is 14.4. The van der Waals surface area contributed by atoms with Crippen LogP contribution in [0.4, 0.5) is 0 Å². The highest BCUT2D eigenvalue weighted by molar-refractivity contribution is 7.99. The third-order valence-electron chi connectivity index (χ3n) is 3.00. The molecule has 0 fully saturated rings. The van der Waals surface area contributed by atoms with Crippen LogP contribution in [-0.2, 0) is 6.54 Å². The SMILES string of the molecule is CCCNCc1cccc(Cl)c1Sc1cccc(C)c1. The quantitative estimate of drug-likeness (QED) is 0.727. The van der Waals surface area contributed by atoms with Crippen molar-refractivity contribution < 1.29 is 0 Å². The molecule has 3 heteroatoms. The summed E-state index contributed by atoms with van der Waals surface area (Å²) in [7, 11) is 0. The Morgan fingerprint density at radius 2 is 1.95 bits per heavy atom. The van der Waals surface area contributed by atoms with Crippen LogP contribution in [0.3, 0.4) is 0 Å². The summed E-state index contributed by atoms with van der Waals surface area (Å²) in [5.74, 6) is 0. The molecule has 2 aromatic carbocycles. The number of halogens is 1. The largest absolute Gasteiger partial charge is 0.313 e. The van der Waals surface area contributed by atoms with Crippen LogP contribution in [-0.4, -0.2) is 6.54 Å². The minimum Gasteiger partial charge on any atom is -0.313 e. The van der Waals surface area contributed by atoms with Crippen molar-refractivity contribution in [3.05, 3.63) is 58.6 Å². The first kappa shape index (κ1) is 15.4. The van der Waals surface area contributed by atoms with Crippen molar-refractivity contribution in [2.24, 2.45) is 0 Å². The number of aryl methyl sites for hydroxylation is 1. The van der Waals surface area contributed by atoms with E-state index in [4.69, 9.17) is 11.6 Å². The predicted octanol–water partition coefficient (Wildman–Crippen LogP) is 5.30. The van der Waals surface area contributed by atoms with Crippen molar-refractivity contribution in [3.63, 3.8) is 0 Å². The molecule has 0 saturated heterocycles. The topological polar surface area (TPSA) is 12.0 Å². The number of hydrogen-bond donors (Lipinski definition) is 1. The summed E-state index contributed by atoms with van der Waals surface area (Å²) in [6.07, 6.45) is 1.14. The Balaban J connectivity index is 2.21. The standard InChI is InChI=1S/C17H20ClNS/c1-3-10-19-12-14-7-5-9-16(18)17(14)20-15-8-4-6-13(2)11-15/h4-9,11,19H,3,10,12H2,1-2H3. The van der Waals surface area contributed by atoms with Crippen molar-refractivity contribution in [1.29, 1.82) is 0 Å². The summed E-state index contributed by atoms with van der Waals surface area (Å²) in [5.41, 5.74) is 2.53. The van der Waals surface area contributed by atoms with Gasteiger partial charge in [0.25, 0.3) is 0 Å². The van der Waals surface area contributed by atoms with Crippen molar-refractivity contribution in [2.75, 3.05) is 6.54 Å². The Hall–Kier alpha value is -0.960. The number of rotatable bonds is 6. The van der Waals surface area contributed by atoms with Crippen molar-refractivity contribution in [1.82, 2.24) is 5.32 Å². The fourth-order valence-corrected chi connectivity index (χ4v) is 3.38. The van der Waals surface area contributed by atoms with Crippen LogP contribution in [0.1, 0.15) is 24.5 Å². The van der Waals surface area contributed by atoms with Gasteiger partial charge in [0, 0.05) is 16.3 Å². The second-order valence-corrected chi connectivity index (χ2v) is 6.31. The second-order valence-electron chi connectivity index (χ2n) is 4.82. The van der Waals surface area contributed by atoms with E-state index in [1.165, 1.54) is 16.0 Å². The Labute approximate surface area is 130 Å². The normalized spacial score (nSPS) is 10.8. The van der Waals surface area contributed by atoms with Crippen molar-refractivity contribution in [3.8, 4) is 0 Å². The summed E-state index contributed by atoms with van der Waals surface area (Å²) >= 11 is 8.12. The molecule has 0 aliphatic rings. The average Bonchev–Trinajstić information content (AvgIpc) is 2.43. The van der Waals surface area contributed by atoms with Gasteiger partial charge in [0.05, 0.1) is 5.02 Å². The van der Waals surface area contributed by atoms with E-state index in [1.807, 2.05) is 12.1 Å². The smallest absolute Gasteiger partial charge is 0.0548 e. The van der Waals surface area contributed by atoms with E-state index in [0.717, 1.165) is 29.4 Å². The van der Waals surface area contributed by atoms with Crippen LogP contribution >= 0.6 is 23.4 Å². The summed E-state index contributed by atoms with van der Waals surface area (Å²) in [6.45, 7) is 6.18. The van der Waals surface area contributed by atoms with Gasteiger partial charge in [-0.25, -0.2) is 0 Å². The van der Waals surface area contributed by atoms with Crippen LogP contribution < -0.4 is 5.32 Å². The molecule has 106 valence electrons. The van der Waals surface area contributed by atoms with E-state index in [-0.39, 0.29) is 0 Å². The van der Waals surface area contributed by atoms with E-state index < -0.39 is 0 Å². The van der Waals surface area contributed by atoms with Gasteiger partial charge in [-0.2, -0.15) is 0 Å². The summed E-state index contributed by atoms with van der Waals surface area (Å²) < 4.78 is 0. The molecule has 2 aromatic rings. The molecule has 1 nitrogen and oxygen atoms in total. The van der Waals surface area contributed by atoms with E-state index in [1.54, 1.807) is 11.8 Å². The number of benzene rings is 2. The van der Waals surface area contributed by atoms with Gasteiger partial charge in [-0.15, -0.1) is 0 Å². The van der Waals surface area contributed by atoms with Gasteiger partial charge in [0.1, 0.15) is 0 Å². The monoisotopic (exact) mass is 305 g/mol. The Morgan fingerprint density at radius 1 is 1.15 bits per heavy atom. The summed E-state index contributed by atoms with van der Waals surface area (Å²) in [6, 6.07) is 14.6. The molecule has 0 spiro atoms. The lowest BCUT2D eigenvalue weighted by atomic mass is 10.2. The molecule has 0 atom stereocenters. The highest BCUT2D eigenvalue weighted by Gasteiger charge is 2.08. The molecule has 0 bridgehead atoms. The van der Waals surface area contributed by atoms with Crippen molar-refractivity contribution >= 4 is 23.4 Å². The number of nitrogens with one attached hydrogen (secondary N) is 1. The Kier molecular flexibility index (Phi) is 5.96. The van der Waals surface area contributed by atoms with Gasteiger partial charge in [-0.3, -0.25) is 0 Å². The Bertz CT molecular complexity index is 569. The zero-order valence-corrected chi connectivity index (χ0v) is 13.5. The van der Waals surface area contributed by atoms with Crippen LogP contribution in [0, 0.1) is 6.92 Å². The van der Waals surface area contributed by atoms with E-state index in [2.05, 4.69) is 49.5 Å². The first-order valence-corrected chi connectivity index (χ1v) is 8.12. The van der Waals surface area contributed by atoms with Gasteiger partial charge in [0.15, 0.2) is 0 Å². The third kappa shape index (κ3) is 4.27. The average molecular weight is 306 g/mol. The van der Waals surface area contributed by atoms with E-state index in [0.29, 0.717) is 0 Å². The maximum absolute atomic E-state index is 6.38. The lowest BCUT2D eigenvalue weighted by Gasteiger charge is -2.12. The van der Waals surface area contributed by atoms with Crippen LogP contribution in [0.25, 0.3) is 0 Å². The molecule has 20 heavy (non-hydrogen) atoms. The molecule has 0 saturated carbocycles. The van der Waals surface area contributed by atoms with Gasteiger partial charge >= 0.3 is 0 Å². The summed E-state index contributed by atoms with van der Waals surface area (Å²) in [5, 5.41) is 4.27. The van der Waals surface area contributed by atoms with Crippen molar-refractivity contribution in [2.45, 2.75) is 36.6 Å². The number of hydrogen-bond acceptors (Lipinski definition) is 2. The van der Waals surface area contributed by atoms with Gasteiger partial charge in [0.2, 0.25) is 0 Å². The highest BCUT2D eigenvalue weighted by Crippen LogP contribution is 2.36. The van der Waals surface area contributed by atoms with E-state index >= 15 is 0 Å².